The van der Waals surface area contributed by atoms with E-state index in [2.05, 4.69) is 41.0 Å². The summed E-state index contributed by atoms with van der Waals surface area (Å²) in [4.78, 5) is 18.0. The van der Waals surface area contributed by atoms with Crippen molar-refractivity contribution in [3.8, 4) is 0 Å². The lowest BCUT2D eigenvalue weighted by Crippen LogP contribution is -2.53. The maximum Gasteiger partial charge on any atom is 0.410 e. The molecule has 158 valence electrons. The van der Waals surface area contributed by atoms with Gasteiger partial charge < -0.3 is 4.74 Å². The lowest BCUT2D eigenvalue weighted by molar-refractivity contribution is -0.0533. The summed E-state index contributed by atoms with van der Waals surface area (Å²) >= 11 is 0. The Morgan fingerprint density at radius 2 is 1.72 bits per heavy atom. The molecule has 0 N–H and O–H groups in total. The average molecular weight is 397 g/mol. The van der Waals surface area contributed by atoms with E-state index in [1.807, 2.05) is 0 Å². The number of carbonyl (C=O) groups excluding carboxylic acids is 1. The smallest absolute Gasteiger partial charge is 0.410 e. The van der Waals surface area contributed by atoms with E-state index in [0.717, 1.165) is 6.54 Å². The predicted octanol–water partition coefficient (Wildman–Crippen LogP) is 5.52. The summed E-state index contributed by atoms with van der Waals surface area (Å²) in [6.45, 7) is 6.41. The van der Waals surface area contributed by atoms with E-state index in [-0.39, 0.29) is 23.7 Å². The fourth-order valence-electron chi connectivity index (χ4n) is 6.54. The number of nitrogens with zero attached hydrogens (tertiary/aromatic N) is 2. The monoisotopic (exact) mass is 396 g/mol. The zero-order valence-electron chi connectivity index (χ0n) is 17.9. The fraction of sp³-hybridized carbons (Fsp3) is 0.720. The average Bonchev–Trinajstić information content (AvgIpc) is 3.12. The molecule has 1 saturated carbocycles. The molecule has 1 aromatic carbocycles. The van der Waals surface area contributed by atoms with Gasteiger partial charge in [0.25, 0.3) is 0 Å². The first-order chi connectivity index (χ1) is 14.1. The fourth-order valence-corrected chi connectivity index (χ4v) is 6.54. The Kier molecular flexibility index (Phi) is 5.32. The summed E-state index contributed by atoms with van der Waals surface area (Å²) in [6.07, 6.45) is 11.3. The molecule has 2 bridgehead atoms. The van der Waals surface area contributed by atoms with Crippen molar-refractivity contribution in [1.82, 2.24) is 9.80 Å². The summed E-state index contributed by atoms with van der Waals surface area (Å²) in [6, 6.07) is 8.87. The SMILES string of the molecule is CC1(C2c3ccccc3CN2C(=O)OC2CN3CCC2CC3)CCCCCCC1. The van der Waals surface area contributed by atoms with Crippen molar-refractivity contribution in [2.45, 2.75) is 83.4 Å². The third kappa shape index (κ3) is 3.69. The van der Waals surface area contributed by atoms with Crippen LogP contribution in [0.2, 0.25) is 0 Å². The van der Waals surface area contributed by atoms with Crippen LogP contribution in [0.25, 0.3) is 0 Å². The lowest BCUT2D eigenvalue weighted by Gasteiger charge is -2.45. The second kappa shape index (κ2) is 7.94. The molecule has 4 nitrogen and oxygen atoms in total. The predicted molar refractivity (Wildman–Crippen MR) is 115 cm³/mol. The standard InChI is InChI=1S/C25H36N2O2/c1-25(13-7-3-2-4-8-14-25)23-21-10-6-5-9-20(21)17-27(23)24(28)29-22-18-26-15-11-19(22)12-16-26/h5-6,9-10,19,22-23H,2-4,7-8,11-18H2,1H3. The van der Waals surface area contributed by atoms with Crippen LogP contribution in [-0.4, -0.2) is 41.6 Å². The zero-order chi connectivity index (χ0) is 19.8. The van der Waals surface area contributed by atoms with Gasteiger partial charge in [-0.05, 0) is 61.2 Å². The molecule has 1 aliphatic carbocycles. The summed E-state index contributed by atoms with van der Waals surface area (Å²) in [5.41, 5.74) is 2.81. The highest BCUT2D eigenvalue weighted by Crippen LogP contribution is 2.51. The van der Waals surface area contributed by atoms with Gasteiger partial charge in [0.1, 0.15) is 6.10 Å². The van der Waals surface area contributed by atoms with E-state index in [9.17, 15) is 4.79 Å². The maximum atomic E-state index is 13.5. The molecule has 0 spiro atoms. The normalized spacial score (nSPS) is 33.6. The molecular formula is C25H36N2O2. The highest BCUT2D eigenvalue weighted by Gasteiger charge is 2.47. The molecule has 1 aromatic rings. The number of fused-ring (bicyclic) bond motifs is 4. The van der Waals surface area contributed by atoms with Gasteiger partial charge >= 0.3 is 6.09 Å². The van der Waals surface area contributed by atoms with E-state index in [1.165, 1.54) is 82.0 Å². The van der Waals surface area contributed by atoms with Crippen molar-refractivity contribution >= 4 is 6.09 Å². The third-order valence-electron chi connectivity index (χ3n) is 8.24. The van der Waals surface area contributed by atoms with E-state index < -0.39 is 0 Å². The second-order valence-electron chi connectivity index (χ2n) is 10.2. The molecule has 5 aliphatic rings. The van der Waals surface area contributed by atoms with Gasteiger partial charge in [-0.15, -0.1) is 0 Å². The van der Waals surface area contributed by atoms with Gasteiger partial charge in [-0.1, -0.05) is 63.3 Å². The van der Waals surface area contributed by atoms with Gasteiger partial charge in [0, 0.05) is 6.54 Å². The number of amides is 1. The van der Waals surface area contributed by atoms with Crippen LogP contribution in [0, 0.1) is 11.3 Å². The zero-order valence-corrected chi connectivity index (χ0v) is 17.9. The summed E-state index contributed by atoms with van der Waals surface area (Å²) in [5.74, 6) is 0.560. The molecule has 2 atom stereocenters. The Morgan fingerprint density at radius 3 is 2.41 bits per heavy atom. The molecule has 0 aromatic heterocycles. The van der Waals surface area contributed by atoms with Gasteiger partial charge in [-0.3, -0.25) is 9.80 Å². The third-order valence-corrected chi connectivity index (χ3v) is 8.24. The van der Waals surface area contributed by atoms with Crippen LogP contribution in [0.15, 0.2) is 24.3 Å². The Bertz CT molecular complexity index is 732. The van der Waals surface area contributed by atoms with Gasteiger partial charge in [-0.2, -0.15) is 0 Å². The Labute approximate surface area is 175 Å². The van der Waals surface area contributed by atoms with Crippen LogP contribution in [0.1, 0.15) is 81.9 Å². The minimum Gasteiger partial charge on any atom is -0.444 e. The van der Waals surface area contributed by atoms with Gasteiger partial charge in [0.15, 0.2) is 0 Å². The lowest BCUT2D eigenvalue weighted by atomic mass is 9.70. The number of hydrogen-bond donors (Lipinski definition) is 0. The van der Waals surface area contributed by atoms with E-state index in [4.69, 9.17) is 4.74 Å². The number of carbonyl (C=O) groups is 1. The Morgan fingerprint density at radius 1 is 1.03 bits per heavy atom. The molecule has 4 heterocycles. The minimum absolute atomic E-state index is 0.0757. The Hall–Kier alpha value is -1.55. The molecule has 29 heavy (non-hydrogen) atoms. The van der Waals surface area contributed by atoms with Crippen molar-refractivity contribution < 1.29 is 9.53 Å². The molecule has 2 unspecified atom stereocenters. The van der Waals surface area contributed by atoms with Crippen LogP contribution >= 0.6 is 0 Å². The quantitative estimate of drug-likeness (QED) is 0.659. The second-order valence-corrected chi connectivity index (χ2v) is 10.2. The summed E-state index contributed by atoms with van der Waals surface area (Å²) in [5, 5.41) is 0. The first-order valence-electron chi connectivity index (χ1n) is 11.9. The highest BCUT2D eigenvalue weighted by atomic mass is 16.6. The number of ether oxygens (including phenoxy) is 1. The number of hydrogen-bond acceptors (Lipinski definition) is 3. The number of rotatable bonds is 2. The van der Waals surface area contributed by atoms with Crippen molar-refractivity contribution in [2.75, 3.05) is 19.6 Å². The van der Waals surface area contributed by atoms with Gasteiger partial charge in [0.05, 0.1) is 12.6 Å². The van der Waals surface area contributed by atoms with Gasteiger partial charge in [-0.25, -0.2) is 4.79 Å². The van der Waals surface area contributed by atoms with Crippen molar-refractivity contribution in [3.63, 3.8) is 0 Å². The van der Waals surface area contributed by atoms with E-state index in [0.29, 0.717) is 12.5 Å². The molecule has 4 fully saturated rings. The molecule has 4 aliphatic heterocycles. The van der Waals surface area contributed by atoms with E-state index >= 15 is 0 Å². The van der Waals surface area contributed by atoms with Crippen LogP contribution in [0.5, 0.6) is 0 Å². The maximum absolute atomic E-state index is 13.5. The highest BCUT2D eigenvalue weighted by molar-refractivity contribution is 5.70. The van der Waals surface area contributed by atoms with E-state index in [1.54, 1.807) is 0 Å². The van der Waals surface area contributed by atoms with Crippen molar-refractivity contribution in [2.24, 2.45) is 11.3 Å². The summed E-state index contributed by atoms with van der Waals surface area (Å²) < 4.78 is 6.21. The molecular weight excluding hydrogens is 360 g/mol. The van der Waals surface area contributed by atoms with Crippen LogP contribution in [-0.2, 0) is 11.3 Å². The topological polar surface area (TPSA) is 32.8 Å². The molecule has 4 heteroatoms. The first kappa shape index (κ1) is 19.4. The minimum atomic E-state index is -0.0757. The van der Waals surface area contributed by atoms with Crippen LogP contribution in [0.3, 0.4) is 0 Å². The number of piperidine rings is 3. The molecule has 0 radical (unpaired) electrons. The number of benzene rings is 1. The largest absolute Gasteiger partial charge is 0.444 e. The molecule has 3 saturated heterocycles. The first-order valence-corrected chi connectivity index (χ1v) is 11.9. The van der Waals surface area contributed by atoms with Crippen LogP contribution < -0.4 is 0 Å². The summed E-state index contributed by atoms with van der Waals surface area (Å²) in [7, 11) is 0. The molecule has 1 amide bonds. The molecule has 6 rings (SSSR count). The Balaban J connectivity index is 1.39. The van der Waals surface area contributed by atoms with Crippen molar-refractivity contribution in [3.05, 3.63) is 35.4 Å². The van der Waals surface area contributed by atoms with Gasteiger partial charge in [0.2, 0.25) is 0 Å². The van der Waals surface area contributed by atoms with Crippen LogP contribution in [0.4, 0.5) is 4.79 Å². The van der Waals surface area contributed by atoms with Crippen molar-refractivity contribution in [1.29, 1.82) is 0 Å².